The van der Waals surface area contributed by atoms with Crippen LogP contribution in [0.15, 0.2) is 54.6 Å². The van der Waals surface area contributed by atoms with Gasteiger partial charge in [-0.1, -0.05) is 30.3 Å². The maximum Gasteiger partial charge on any atom is 0.221 e. The van der Waals surface area contributed by atoms with Gasteiger partial charge in [-0.3, -0.25) is 9.59 Å². The number of benzene rings is 2. The van der Waals surface area contributed by atoms with E-state index in [9.17, 15) is 14.7 Å². The molecule has 0 radical (unpaired) electrons. The summed E-state index contributed by atoms with van der Waals surface area (Å²) in [6.07, 6.45) is 2.95. The predicted octanol–water partition coefficient (Wildman–Crippen LogP) is 3.25. The second-order valence-corrected chi connectivity index (χ2v) is 4.52. The molecule has 1 amide bonds. The van der Waals surface area contributed by atoms with Gasteiger partial charge in [0.2, 0.25) is 5.91 Å². The minimum Gasteiger partial charge on any atom is -0.507 e. The number of allylic oxidation sites excluding steroid dienone is 1. The monoisotopic (exact) mass is 281 g/mol. The van der Waals surface area contributed by atoms with Crippen LogP contribution in [0.4, 0.5) is 5.69 Å². The summed E-state index contributed by atoms with van der Waals surface area (Å²) < 4.78 is 0. The van der Waals surface area contributed by atoms with E-state index >= 15 is 0 Å². The molecule has 0 aliphatic carbocycles. The Morgan fingerprint density at radius 3 is 2.43 bits per heavy atom. The lowest BCUT2D eigenvalue weighted by molar-refractivity contribution is -0.114. The first-order valence-electron chi connectivity index (χ1n) is 6.44. The van der Waals surface area contributed by atoms with Crippen molar-refractivity contribution in [3.05, 3.63) is 65.7 Å². The molecule has 2 N–H and O–H groups in total. The van der Waals surface area contributed by atoms with Gasteiger partial charge in [-0.2, -0.15) is 0 Å². The number of amides is 1. The highest BCUT2D eigenvalue weighted by atomic mass is 16.3. The fraction of sp³-hybridized carbons (Fsp3) is 0.0588. The Labute approximate surface area is 122 Å². The Balaban J connectivity index is 2.14. The zero-order valence-corrected chi connectivity index (χ0v) is 11.5. The number of hydrogen-bond donors (Lipinski definition) is 2. The third kappa shape index (κ3) is 4.04. The molecular formula is C17H15NO3. The first kappa shape index (κ1) is 14.5. The van der Waals surface area contributed by atoms with Gasteiger partial charge in [0, 0.05) is 29.8 Å². The Hall–Kier alpha value is -2.88. The maximum atomic E-state index is 11.9. The lowest BCUT2D eigenvalue weighted by atomic mass is 10.1. The number of phenolic OH excluding ortho intramolecular Hbond substituents is 1. The van der Waals surface area contributed by atoms with Gasteiger partial charge in [0.05, 0.1) is 0 Å². The Morgan fingerprint density at radius 1 is 1.10 bits per heavy atom. The van der Waals surface area contributed by atoms with Crippen molar-refractivity contribution < 1.29 is 14.7 Å². The van der Waals surface area contributed by atoms with E-state index in [0.29, 0.717) is 16.8 Å². The SMILES string of the molecule is CC(=O)Nc1ccc(/C=C/C(=O)c2ccccc2)c(O)c1. The molecule has 4 heteroatoms. The third-order valence-electron chi connectivity index (χ3n) is 2.82. The van der Waals surface area contributed by atoms with Gasteiger partial charge < -0.3 is 10.4 Å². The van der Waals surface area contributed by atoms with Crippen LogP contribution < -0.4 is 5.32 Å². The van der Waals surface area contributed by atoms with Gasteiger partial charge in [0.15, 0.2) is 5.78 Å². The molecule has 0 unspecified atom stereocenters. The maximum absolute atomic E-state index is 11.9. The molecule has 2 aromatic rings. The Morgan fingerprint density at radius 2 is 1.81 bits per heavy atom. The van der Waals surface area contributed by atoms with Gasteiger partial charge >= 0.3 is 0 Å². The molecule has 0 aliphatic rings. The normalized spacial score (nSPS) is 10.5. The topological polar surface area (TPSA) is 66.4 Å². The molecular weight excluding hydrogens is 266 g/mol. The summed E-state index contributed by atoms with van der Waals surface area (Å²) in [5.41, 5.74) is 1.60. The van der Waals surface area contributed by atoms with Crippen LogP contribution in [0.3, 0.4) is 0 Å². The second kappa shape index (κ2) is 6.52. The zero-order valence-electron chi connectivity index (χ0n) is 11.5. The molecule has 0 aliphatic heterocycles. The summed E-state index contributed by atoms with van der Waals surface area (Å²) in [7, 11) is 0. The van der Waals surface area contributed by atoms with Crippen LogP contribution in [0.25, 0.3) is 6.08 Å². The van der Waals surface area contributed by atoms with Crippen molar-refractivity contribution in [1.29, 1.82) is 0 Å². The summed E-state index contributed by atoms with van der Waals surface area (Å²) in [5, 5.41) is 12.4. The average molecular weight is 281 g/mol. The van der Waals surface area contributed by atoms with Gasteiger partial charge in [-0.15, -0.1) is 0 Å². The highest BCUT2D eigenvalue weighted by Crippen LogP contribution is 2.23. The van der Waals surface area contributed by atoms with Crippen LogP contribution in [-0.2, 0) is 4.79 Å². The molecule has 106 valence electrons. The minimum absolute atomic E-state index is 0.00152. The molecule has 21 heavy (non-hydrogen) atoms. The molecule has 0 atom stereocenters. The number of phenols is 1. The van der Waals surface area contributed by atoms with E-state index < -0.39 is 0 Å². The molecule has 2 rings (SSSR count). The van der Waals surface area contributed by atoms with Crippen molar-refractivity contribution >= 4 is 23.5 Å². The lowest BCUT2D eigenvalue weighted by Crippen LogP contribution is -2.05. The van der Waals surface area contributed by atoms with Crippen molar-refractivity contribution in [3.8, 4) is 5.75 Å². The van der Waals surface area contributed by atoms with Gasteiger partial charge in [-0.05, 0) is 24.3 Å². The molecule has 0 fully saturated rings. The van der Waals surface area contributed by atoms with Crippen molar-refractivity contribution in [2.45, 2.75) is 6.92 Å². The van der Waals surface area contributed by atoms with E-state index in [1.807, 2.05) is 6.07 Å². The molecule has 0 heterocycles. The van der Waals surface area contributed by atoms with Gasteiger partial charge in [0.25, 0.3) is 0 Å². The van der Waals surface area contributed by atoms with Crippen LogP contribution in [-0.4, -0.2) is 16.8 Å². The molecule has 0 aromatic heterocycles. The number of rotatable bonds is 4. The highest BCUT2D eigenvalue weighted by molar-refractivity contribution is 6.06. The molecule has 0 spiro atoms. The number of carbonyl (C=O) groups excluding carboxylic acids is 2. The number of anilines is 1. The number of ketones is 1. The molecule has 0 bridgehead atoms. The van der Waals surface area contributed by atoms with Crippen LogP contribution in [0.1, 0.15) is 22.8 Å². The summed E-state index contributed by atoms with van der Waals surface area (Å²) in [6, 6.07) is 13.6. The molecule has 0 saturated heterocycles. The van der Waals surface area contributed by atoms with E-state index in [0.717, 1.165) is 0 Å². The quantitative estimate of drug-likeness (QED) is 0.668. The average Bonchev–Trinajstić information content (AvgIpc) is 2.46. The largest absolute Gasteiger partial charge is 0.507 e. The minimum atomic E-state index is -0.211. The van der Waals surface area contributed by atoms with E-state index in [1.54, 1.807) is 42.5 Å². The third-order valence-corrected chi connectivity index (χ3v) is 2.82. The smallest absolute Gasteiger partial charge is 0.221 e. The number of hydrogen-bond acceptors (Lipinski definition) is 3. The van der Waals surface area contributed by atoms with Crippen LogP contribution in [0.5, 0.6) is 5.75 Å². The van der Waals surface area contributed by atoms with E-state index in [1.165, 1.54) is 19.1 Å². The summed E-state index contributed by atoms with van der Waals surface area (Å²) in [4.78, 5) is 22.8. The molecule has 4 nitrogen and oxygen atoms in total. The molecule has 2 aromatic carbocycles. The number of nitrogens with one attached hydrogen (secondary N) is 1. The second-order valence-electron chi connectivity index (χ2n) is 4.52. The fourth-order valence-corrected chi connectivity index (χ4v) is 1.83. The number of carbonyl (C=O) groups is 2. The van der Waals surface area contributed by atoms with Crippen molar-refractivity contribution in [3.63, 3.8) is 0 Å². The van der Waals surface area contributed by atoms with Crippen LogP contribution in [0.2, 0.25) is 0 Å². The van der Waals surface area contributed by atoms with E-state index in [4.69, 9.17) is 0 Å². The molecule has 0 saturated carbocycles. The van der Waals surface area contributed by atoms with E-state index in [-0.39, 0.29) is 17.4 Å². The van der Waals surface area contributed by atoms with Crippen molar-refractivity contribution in [2.24, 2.45) is 0 Å². The lowest BCUT2D eigenvalue weighted by Gasteiger charge is -2.04. The van der Waals surface area contributed by atoms with E-state index in [2.05, 4.69) is 5.32 Å². The first-order valence-corrected chi connectivity index (χ1v) is 6.44. The van der Waals surface area contributed by atoms with Crippen LogP contribution >= 0.6 is 0 Å². The van der Waals surface area contributed by atoms with Crippen LogP contribution in [0, 0.1) is 0 Å². The van der Waals surface area contributed by atoms with Crippen molar-refractivity contribution in [2.75, 3.05) is 5.32 Å². The standard InChI is InChI=1S/C17H15NO3/c1-12(19)18-15-9-7-14(17(21)11-15)8-10-16(20)13-5-3-2-4-6-13/h2-11,21H,1H3,(H,18,19)/b10-8+. The summed E-state index contributed by atoms with van der Waals surface area (Å²) in [5.74, 6) is -0.351. The van der Waals surface area contributed by atoms with Gasteiger partial charge in [-0.25, -0.2) is 0 Å². The Kier molecular flexibility index (Phi) is 4.51. The summed E-state index contributed by atoms with van der Waals surface area (Å²) >= 11 is 0. The summed E-state index contributed by atoms with van der Waals surface area (Å²) in [6.45, 7) is 1.39. The predicted molar refractivity (Wildman–Crippen MR) is 82.2 cm³/mol. The zero-order chi connectivity index (χ0) is 15.2. The Bertz CT molecular complexity index is 690. The number of aromatic hydroxyl groups is 1. The highest BCUT2D eigenvalue weighted by Gasteiger charge is 2.03. The first-order chi connectivity index (χ1) is 10.1. The fourth-order valence-electron chi connectivity index (χ4n) is 1.83. The van der Waals surface area contributed by atoms with Crippen molar-refractivity contribution in [1.82, 2.24) is 0 Å². The van der Waals surface area contributed by atoms with Gasteiger partial charge in [0.1, 0.15) is 5.75 Å².